The predicted molar refractivity (Wildman–Crippen MR) is 83.3 cm³/mol. The molecule has 0 unspecified atom stereocenters. The molecule has 0 aliphatic rings. The average Bonchev–Trinajstić information content (AvgIpc) is 2.50. The lowest BCUT2D eigenvalue weighted by atomic mass is 10.1. The van der Waals surface area contributed by atoms with Crippen LogP contribution in [0.4, 0.5) is 0 Å². The van der Waals surface area contributed by atoms with Gasteiger partial charge in [-0.15, -0.1) is 0 Å². The molecule has 0 spiro atoms. The van der Waals surface area contributed by atoms with E-state index in [1.165, 1.54) is 0 Å². The van der Waals surface area contributed by atoms with Crippen molar-refractivity contribution in [1.29, 1.82) is 0 Å². The van der Waals surface area contributed by atoms with Crippen LogP contribution < -0.4 is 0 Å². The molecule has 3 heteroatoms. The third kappa shape index (κ3) is 3.44. The number of unbranched alkanes of at least 4 members (excludes halogenated alkanes) is 1. The second kappa shape index (κ2) is 6.85. The highest BCUT2D eigenvalue weighted by Crippen LogP contribution is 2.17. The van der Waals surface area contributed by atoms with Crippen molar-refractivity contribution in [3.63, 3.8) is 0 Å². The number of benzene rings is 1. The molecule has 2 rings (SSSR count). The number of fused-ring (bicyclic) bond motifs is 1. The summed E-state index contributed by atoms with van der Waals surface area (Å²) in [6, 6.07) is 9.92. The van der Waals surface area contributed by atoms with Crippen LogP contribution in [-0.2, 0) is 4.79 Å². The van der Waals surface area contributed by atoms with Crippen LogP contribution in [0, 0.1) is 0 Å². The van der Waals surface area contributed by atoms with Crippen LogP contribution in [0.3, 0.4) is 0 Å². The van der Waals surface area contributed by atoms with Crippen LogP contribution in [0.25, 0.3) is 17.0 Å². The Balaban J connectivity index is 2.15. The summed E-state index contributed by atoms with van der Waals surface area (Å²) >= 11 is 0. The molecule has 0 saturated heterocycles. The molecule has 0 fully saturated rings. The molecule has 0 saturated carbocycles. The molecule has 0 N–H and O–H groups in total. The molecule has 1 aromatic heterocycles. The van der Waals surface area contributed by atoms with Gasteiger partial charge in [0.1, 0.15) is 0 Å². The van der Waals surface area contributed by atoms with Gasteiger partial charge >= 0.3 is 0 Å². The molecule has 0 atom stereocenters. The highest BCUT2D eigenvalue weighted by atomic mass is 16.2. The van der Waals surface area contributed by atoms with E-state index in [4.69, 9.17) is 0 Å². The fourth-order valence-corrected chi connectivity index (χ4v) is 2.06. The monoisotopic (exact) mass is 268 g/mol. The first-order valence-electron chi connectivity index (χ1n) is 6.99. The Kier molecular flexibility index (Phi) is 4.88. The van der Waals surface area contributed by atoms with Gasteiger partial charge in [0, 0.05) is 36.8 Å². The van der Waals surface area contributed by atoms with E-state index in [1.54, 1.807) is 17.2 Å². The third-order valence-corrected chi connectivity index (χ3v) is 3.29. The summed E-state index contributed by atoms with van der Waals surface area (Å²) in [6.45, 7) is 2.92. The van der Waals surface area contributed by atoms with Crippen molar-refractivity contribution >= 4 is 22.9 Å². The Bertz CT molecular complexity index is 614. The molecule has 3 nitrogen and oxygen atoms in total. The van der Waals surface area contributed by atoms with Crippen molar-refractivity contribution in [2.45, 2.75) is 19.8 Å². The van der Waals surface area contributed by atoms with Crippen molar-refractivity contribution in [1.82, 2.24) is 9.88 Å². The Morgan fingerprint density at radius 1 is 1.30 bits per heavy atom. The van der Waals surface area contributed by atoms with E-state index in [0.717, 1.165) is 35.9 Å². The number of likely N-dealkylation sites (N-methyl/N-ethyl adjacent to an activating group) is 1. The minimum Gasteiger partial charge on any atom is -0.342 e. The van der Waals surface area contributed by atoms with Crippen LogP contribution in [-0.4, -0.2) is 29.4 Å². The van der Waals surface area contributed by atoms with Crippen LogP contribution in [0.15, 0.2) is 42.6 Å². The minimum atomic E-state index is 0.0337. The number of carbonyl (C=O) groups is 1. The van der Waals surface area contributed by atoms with Gasteiger partial charge in [-0.25, -0.2) is 0 Å². The van der Waals surface area contributed by atoms with Crippen molar-refractivity contribution in [2.24, 2.45) is 0 Å². The van der Waals surface area contributed by atoms with E-state index >= 15 is 0 Å². The molecular formula is C17H20N2O. The first-order chi connectivity index (χ1) is 9.72. The number of aromatic nitrogens is 1. The normalized spacial score (nSPS) is 11.1. The van der Waals surface area contributed by atoms with Crippen LogP contribution in [0.2, 0.25) is 0 Å². The highest BCUT2D eigenvalue weighted by Gasteiger charge is 2.04. The standard InChI is InChI=1S/C17H20N2O/c1-3-4-13-19(2)16(20)11-10-15-8-5-7-14-9-6-12-18-17(14)15/h5-12H,3-4,13H2,1-2H3/b11-10+. The largest absolute Gasteiger partial charge is 0.342 e. The highest BCUT2D eigenvalue weighted by molar-refractivity contribution is 5.95. The van der Waals surface area contributed by atoms with Crippen molar-refractivity contribution in [3.8, 4) is 0 Å². The fraction of sp³-hybridized carbons (Fsp3) is 0.294. The van der Waals surface area contributed by atoms with E-state index in [-0.39, 0.29) is 5.91 Å². The lowest BCUT2D eigenvalue weighted by Crippen LogP contribution is -2.25. The maximum atomic E-state index is 12.0. The van der Waals surface area contributed by atoms with Crippen LogP contribution in [0.5, 0.6) is 0 Å². The summed E-state index contributed by atoms with van der Waals surface area (Å²) in [6.07, 6.45) is 7.37. The number of nitrogens with zero attached hydrogens (tertiary/aromatic N) is 2. The molecule has 1 heterocycles. The summed E-state index contributed by atoms with van der Waals surface area (Å²) in [7, 11) is 1.84. The number of rotatable bonds is 5. The van der Waals surface area contributed by atoms with E-state index in [2.05, 4.69) is 11.9 Å². The van der Waals surface area contributed by atoms with Crippen molar-refractivity contribution in [2.75, 3.05) is 13.6 Å². The van der Waals surface area contributed by atoms with E-state index in [1.807, 2.05) is 43.5 Å². The van der Waals surface area contributed by atoms with E-state index in [9.17, 15) is 4.79 Å². The second-order valence-corrected chi connectivity index (χ2v) is 4.87. The number of pyridine rings is 1. The third-order valence-electron chi connectivity index (χ3n) is 3.29. The zero-order valence-electron chi connectivity index (χ0n) is 12.0. The minimum absolute atomic E-state index is 0.0337. The molecule has 20 heavy (non-hydrogen) atoms. The number of carbonyl (C=O) groups excluding carboxylic acids is 1. The molecule has 0 aliphatic heterocycles. The van der Waals surface area contributed by atoms with Gasteiger partial charge in [0.05, 0.1) is 5.52 Å². The van der Waals surface area contributed by atoms with Gasteiger partial charge in [-0.2, -0.15) is 0 Å². The molecule has 1 aromatic carbocycles. The maximum Gasteiger partial charge on any atom is 0.246 e. The second-order valence-electron chi connectivity index (χ2n) is 4.87. The SMILES string of the molecule is CCCCN(C)C(=O)/C=C/c1cccc2cccnc12. The Hall–Kier alpha value is -2.16. The summed E-state index contributed by atoms with van der Waals surface area (Å²) in [5, 5.41) is 1.08. The molecule has 0 aliphatic carbocycles. The number of amides is 1. The Labute approximate surface area is 119 Å². The summed E-state index contributed by atoms with van der Waals surface area (Å²) < 4.78 is 0. The van der Waals surface area contributed by atoms with Gasteiger partial charge in [0.15, 0.2) is 0 Å². The molecule has 0 bridgehead atoms. The first kappa shape index (κ1) is 14.3. The van der Waals surface area contributed by atoms with E-state index in [0.29, 0.717) is 0 Å². The van der Waals surface area contributed by atoms with Gasteiger partial charge in [-0.1, -0.05) is 37.6 Å². The Morgan fingerprint density at radius 3 is 2.90 bits per heavy atom. The summed E-state index contributed by atoms with van der Waals surface area (Å²) in [5.74, 6) is 0.0337. The summed E-state index contributed by atoms with van der Waals surface area (Å²) in [5.41, 5.74) is 1.90. The number of hydrogen-bond acceptors (Lipinski definition) is 2. The maximum absolute atomic E-state index is 12.0. The number of hydrogen-bond donors (Lipinski definition) is 0. The predicted octanol–water partition coefficient (Wildman–Crippen LogP) is 3.51. The summed E-state index contributed by atoms with van der Waals surface area (Å²) in [4.78, 5) is 18.1. The molecule has 0 radical (unpaired) electrons. The zero-order valence-corrected chi connectivity index (χ0v) is 12.0. The molecular weight excluding hydrogens is 248 g/mol. The zero-order chi connectivity index (χ0) is 14.4. The van der Waals surface area contributed by atoms with Crippen LogP contribution >= 0.6 is 0 Å². The van der Waals surface area contributed by atoms with E-state index < -0.39 is 0 Å². The lowest BCUT2D eigenvalue weighted by molar-refractivity contribution is -0.124. The number of para-hydroxylation sites is 1. The van der Waals surface area contributed by atoms with Gasteiger partial charge < -0.3 is 4.90 Å². The van der Waals surface area contributed by atoms with Gasteiger partial charge in [0.25, 0.3) is 0 Å². The van der Waals surface area contributed by atoms with Gasteiger partial charge in [-0.05, 0) is 18.6 Å². The van der Waals surface area contributed by atoms with Crippen molar-refractivity contribution in [3.05, 3.63) is 48.2 Å². The average molecular weight is 268 g/mol. The lowest BCUT2D eigenvalue weighted by Gasteiger charge is -2.13. The molecule has 2 aromatic rings. The topological polar surface area (TPSA) is 33.2 Å². The first-order valence-corrected chi connectivity index (χ1v) is 6.99. The fourth-order valence-electron chi connectivity index (χ4n) is 2.06. The quantitative estimate of drug-likeness (QED) is 0.777. The van der Waals surface area contributed by atoms with Crippen molar-refractivity contribution < 1.29 is 4.79 Å². The van der Waals surface area contributed by atoms with Crippen LogP contribution in [0.1, 0.15) is 25.3 Å². The molecule has 104 valence electrons. The molecule has 1 amide bonds. The van der Waals surface area contributed by atoms with Gasteiger partial charge in [0.2, 0.25) is 5.91 Å². The smallest absolute Gasteiger partial charge is 0.246 e. The van der Waals surface area contributed by atoms with Gasteiger partial charge in [-0.3, -0.25) is 9.78 Å². The Morgan fingerprint density at radius 2 is 2.10 bits per heavy atom.